The lowest BCUT2D eigenvalue weighted by molar-refractivity contribution is 0.204. The minimum Gasteiger partial charge on any atom is -0.396 e. The van der Waals surface area contributed by atoms with Gasteiger partial charge in [0.2, 0.25) is 0 Å². The third kappa shape index (κ3) is 4.77. The van der Waals surface area contributed by atoms with Crippen molar-refractivity contribution in [2.75, 3.05) is 13.2 Å². The van der Waals surface area contributed by atoms with Gasteiger partial charge in [-0.3, -0.25) is 0 Å². The van der Waals surface area contributed by atoms with Crippen molar-refractivity contribution in [3.63, 3.8) is 0 Å². The summed E-state index contributed by atoms with van der Waals surface area (Å²) in [5.41, 5.74) is 1.07. The molecule has 2 nitrogen and oxygen atoms in total. The fourth-order valence-electron chi connectivity index (χ4n) is 1.78. The molecule has 0 aliphatic carbocycles. The van der Waals surface area contributed by atoms with Crippen molar-refractivity contribution in [2.45, 2.75) is 33.2 Å². The van der Waals surface area contributed by atoms with Crippen LogP contribution in [0.25, 0.3) is 0 Å². The fraction of sp³-hybridized carbons (Fsp3) is 0.571. The van der Waals surface area contributed by atoms with Crippen molar-refractivity contribution in [2.24, 2.45) is 5.41 Å². The average molecular weight is 290 g/mol. The molecule has 0 bridgehead atoms. The molecule has 18 heavy (non-hydrogen) atoms. The van der Waals surface area contributed by atoms with Gasteiger partial charge in [-0.2, -0.15) is 0 Å². The molecule has 1 unspecified atom stereocenters. The van der Waals surface area contributed by atoms with Gasteiger partial charge in [0.05, 0.1) is 0 Å². The Morgan fingerprint density at radius 2 is 2.00 bits per heavy atom. The van der Waals surface area contributed by atoms with Crippen molar-refractivity contribution in [3.8, 4) is 0 Å². The molecule has 0 amide bonds. The van der Waals surface area contributed by atoms with E-state index in [1.54, 1.807) is 6.07 Å². The van der Waals surface area contributed by atoms with Gasteiger partial charge in [-0.05, 0) is 42.5 Å². The molecular weight excluding hydrogens is 269 g/mol. The van der Waals surface area contributed by atoms with Crippen LogP contribution in [-0.4, -0.2) is 18.3 Å². The summed E-state index contributed by atoms with van der Waals surface area (Å²) in [6.45, 7) is 7.34. The standard InChI is InChI=1S/C14H21Cl2NO/c1-10(17-9-14(2,3)6-7-18)12-8-11(15)4-5-13(12)16/h4-5,8,10,17-18H,6-7,9H2,1-3H3. The zero-order chi connectivity index (χ0) is 13.8. The van der Waals surface area contributed by atoms with Gasteiger partial charge in [-0.25, -0.2) is 0 Å². The fourth-order valence-corrected chi connectivity index (χ4v) is 2.24. The smallest absolute Gasteiger partial charge is 0.0454 e. The first-order chi connectivity index (χ1) is 8.35. The molecule has 0 spiro atoms. The molecule has 1 rings (SSSR count). The Hall–Kier alpha value is -0.280. The molecule has 0 radical (unpaired) electrons. The topological polar surface area (TPSA) is 32.3 Å². The zero-order valence-electron chi connectivity index (χ0n) is 11.1. The Morgan fingerprint density at radius 1 is 1.33 bits per heavy atom. The molecular formula is C14H21Cl2NO. The number of hydrogen-bond acceptors (Lipinski definition) is 2. The molecule has 1 aromatic rings. The van der Waals surface area contributed by atoms with E-state index in [2.05, 4.69) is 26.1 Å². The van der Waals surface area contributed by atoms with Gasteiger partial charge in [0, 0.05) is 29.2 Å². The highest BCUT2D eigenvalue weighted by Gasteiger charge is 2.19. The zero-order valence-corrected chi connectivity index (χ0v) is 12.6. The third-order valence-electron chi connectivity index (χ3n) is 3.10. The normalized spacial score (nSPS) is 13.7. The van der Waals surface area contributed by atoms with E-state index < -0.39 is 0 Å². The molecule has 1 atom stereocenters. The monoisotopic (exact) mass is 289 g/mol. The van der Waals surface area contributed by atoms with Gasteiger partial charge in [0.15, 0.2) is 0 Å². The van der Waals surface area contributed by atoms with Crippen LogP contribution in [-0.2, 0) is 0 Å². The van der Waals surface area contributed by atoms with Crippen molar-refractivity contribution >= 4 is 23.2 Å². The summed E-state index contributed by atoms with van der Waals surface area (Å²) >= 11 is 12.1. The van der Waals surface area contributed by atoms with Gasteiger partial charge >= 0.3 is 0 Å². The Morgan fingerprint density at radius 3 is 2.61 bits per heavy atom. The van der Waals surface area contributed by atoms with E-state index in [0.29, 0.717) is 5.02 Å². The molecule has 0 heterocycles. The first-order valence-corrected chi connectivity index (χ1v) is 6.90. The van der Waals surface area contributed by atoms with E-state index in [0.717, 1.165) is 23.6 Å². The van der Waals surface area contributed by atoms with Gasteiger partial charge in [-0.15, -0.1) is 0 Å². The molecule has 1 aromatic carbocycles. The average Bonchev–Trinajstić information content (AvgIpc) is 2.29. The second-order valence-electron chi connectivity index (χ2n) is 5.41. The van der Waals surface area contributed by atoms with Crippen LogP contribution >= 0.6 is 23.2 Å². The second-order valence-corrected chi connectivity index (χ2v) is 6.25. The number of halogens is 2. The molecule has 0 saturated carbocycles. The molecule has 2 N–H and O–H groups in total. The van der Waals surface area contributed by atoms with E-state index in [9.17, 15) is 0 Å². The maximum Gasteiger partial charge on any atom is 0.0454 e. The number of hydrogen-bond donors (Lipinski definition) is 2. The van der Waals surface area contributed by atoms with Crippen LogP contribution in [0.5, 0.6) is 0 Å². The van der Waals surface area contributed by atoms with Crippen LogP contribution in [0.3, 0.4) is 0 Å². The Bertz CT molecular complexity index is 393. The van der Waals surface area contributed by atoms with Gasteiger partial charge in [0.1, 0.15) is 0 Å². The molecule has 0 aliphatic rings. The quantitative estimate of drug-likeness (QED) is 0.828. The van der Waals surface area contributed by atoms with E-state index in [-0.39, 0.29) is 18.1 Å². The van der Waals surface area contributed by atoms with Crippen molar-refractivity contribution in [3.05, 3.63) is 33.8 Å². The van der Waals surface area contributed by atoms with Crippen LogP contribution < -0.4 is 5.32 Å². The summed E-state index contributed by atoms with van der Waals surface area (Å²) in [4.78, 5) is 0. The summed E-state index contributed by atoms with van der Waals surface area (Å²) in [5, 5.41) is 13.9. The lowest BCUT2D eigenvalue weighted by Crippen LogP contribution is -2.32. The molecule has 0 saturated heterocycles. The summed E-state index contributed by atoms with van der Waals surface area (Å²) in [6, 6.07) is 5.63. The van der Waals surface area contributed by atoms with Crippen LogP contribution in [0, 0.1) is 5.41 Å². The minimum absolute atomic E-state index is 0.0636. The predicted octanol–water partition coefficient (Wildman–Crippen LogP) is 4.05. The van der Waals surface area contributed by atoms with Crippen LogP contribution in [0.1, 0.15) is 38.8 Å². The number of aliphatic hydroxyl groups excluding tert-OH is 1. The van der Waals surface area contributed by atoms with E-state index in [4.69, 9.17) is 28.3 Å². The van der Waals surface area contributed by atoms with Gasteiger partial charge in [-0.1, -0.05) is 37.0 Å². The highest BCUT2D eigenvalue weighted by Crippen LogP contribution is 2.27. The summed E-state index contributed by atoms with van der Waals surface area (Å²) in [6.07, 6.45) is 0.774. The maximum atomic E-state index is 9.00. The second kappa shape index (κ2) is 6.76. The summed E-state index contributed by atoms with van der Waals surface area (Å²) in [5.74, 6) is 0. The predicted molar refractivity (Wildman–Crippen MR) is 78.4 cm³/mol. The number of benzene rings is 1. The SMILES string of the molecule is CC(NCC(C)(C)CCO)c1cc(Cl)ccc1Cl. The first kappa shape index (κ1) is 15.8. The van der Waals surface area contributed by atoms with Crippen LogP contribution in [0.15, 0.2) is 18.2 Å². The van der Waals surface area contributed by atoms with Crippen LogP contribution in [0.4, 0.5) is 0 Å². The first-order valence-electron chi connectivity index (χ1n) is 6.15. The highest BCUT2D eigenvalue weighted by molar-refractivity contribution is 6.33. The molecule has 0 aromatic heterocycles. The Kier molecular flexibility index (Phi) is 5.93. The number of nitrogens with one attached hydrogen (secondary N) is 1. The number of aliphatic hydroxyl groups is 1. The van der Waals surface area contributed by atoms with E-state index in [1.807, 2.05) is 12.1 Å². The van der Waals surface area contributed by atoms with E-state index >= 15 is 0 Å². The summed E-state index contributed by atoms with van der Waals surface area (Å²) < 4.78 is 0. The molecule has 0 fully saturated rings. The van der Waals surface area contributed by atoms with Gasteiger partial charge < -0.3 is 10.4 Å². The highest BCUT2D eigenvalue weighted by atomic mass is 35.5. The largest absolute Gasteiger partial charge is 0.396 e. The van der Waals surface area contributed by atoms with Crippen molar-refractivity contribution in [1.82, 2.24) is 5.32 Å². The lowest BCUT2D eigenvalue weighted by Gasteiger charge is -2.27. The van der Waals surface area contributed by atoms with Crippen LogP contribution in [0.2, 0.25) is 10.0 Å². The molecule has 102 valence electrons. The molecule has 0 aliphatic heterocycles. The minimum atomic E-state index is 0.0636. The van der Waals surface area contributed by atoms with Crippen molar-refractivity contribution in [1.29, 1.82) is 0 Å². The molecule has 4 heteroatoms. The van der Waals surface area contributed by atoms with Gasteiger partial charge in [0.25, 0.3) is 0 Å². The van der Waals surface area contributed by atoms with E-state index in [1.165, 1.54) is 0 Å². The van der Waals surface area contributed by atoms with Crippen molar-refractivity contribution < 1.29 is 5.11 Å². The number of rotatable bonds is 6. The third-order valence-corrected chi connectivity index (χ3v) is 3.68. The lowest BCUT2D eigenvalue weighted by atomic mass is 9.89. The Balaban J connectivity index is 2.65. The summed E-state index contributed by atoms with van der Waals surface area (Å²) in [7, 11) is 0. The Labute approximate surface area is 119 Å². The maximum absolute atomic E-state index is 9.00.